The van der Waals surface area contributed by atoms with E-state index < -0.39 is 0 Å². The molecule has 1 N–H and O–H groups in total. The van der Waals surface area contributed by atoms with E-state index >= 15 is 0 Å². The van der Waals surface area contributed by atoms with Crippen molar-refractivity contribution in [2.75, 3.05) is 20.3 Å². The molecule has 0 aliphatic rings. The van der Waals surface area contributed by atoms with Gasteiger partial charge in [-0.1, -0.05) is 25.1 Å². The van der Waals surface area contributed by atoms with Crippen molar-refractivity contribution in [2.45, 2.75) is 39.7 Å². The van der Waals surface area contributed by atoms with Crippen LogP contribution in [0.4, 0.5) is 0 Å². The van der Waals surface area contributed by atoms with Crippen LogP contribution < -0.4 is 14.8 Å². The van der Waals surface area contributed by atoms with Gasteiger partial charge in [-0.25, -0.2) is 0 Å². The van der Waals surface area contributed by atoms with Crippen molar-refractivity contribution < 1.29 is 9.47 Å². The van der Waals surface area contributed by atoms with Crippen LogP contribution in [0.1, 0.15) is 39.2 Å². The summed E-state index contributed by atoms with van der Waals surface area (Å²) in [5, 5.41) is 3.45. The molecule has 0 heterocycles. The Labute approximate surface area is 123 Å². The highest BCUT2D eigenvalue weighted by Crippen LogP contribution is 2.28. The van der Waals surface area contributed by atoms with Gasteiger partial charge >= 0.3 is 0 Å². The van der Waals surface area contributed by atoms with Gasteiger partial charge in [0.25, 0.3) is 0 Å². The second-order valence-corrected chi connectivity index (χ2v) is 4.88. The summed E-state index contributed by atoms with van der Waals surface area (Å²) in [7, 11) is 1.67. The zero-order valence-corrected chi connectivity index (χ0v) is 13.1. The van der Waals surface area contributed by atoms with Crippen LogP contribution in [0, 0.1) is 0 Å². The van der Waals surface area contributed by atoms with Crippen molar-refractivity contribution >= 4 is 6.08 Å². The summed E-state index contributed by atoms with van der Waals surface area (Å²) in [6.07, 6.45) is 6.20. The lowest BCUT2D eigenvalue weighted by Crippen LogP contribution is -2.27. The van der Waals surface area contributed by atoms with E-state index in [1.165, 1.54) is 0 Å². The molecule has 0 aromatic heterocycles. The van der Waals surface area contributed by atoms with Crippen LogP contribution in [0.2, 0.25) is 0 Å². The van der Waals surface area contributed by atoms with Gasteiger partial charge in [0, 0.05) is 6.04 Å². The molecule has 0 saturated carbocycles. The lowest BCUT2D eigenvalue weighted by Gasteiger charge is -2.13. The molecule has 3 nitrogen and oxygen atoms in total. The monoisotopic (exact) mass is 277 g/mol. The highest BCUT2D eigenvalue weighted by molar-refractivity contribution is 5.55. The summed E-state index contributed by atoms with van der Waals surface area (Å²) in [6, 6.07) is 6.57. The predicted octanol–water partition coefficient (Wildman–Crippen LogP) is 3.89. The largest absolute Gasteiger partial charge is 0.493 e. The molecule has 1 aromatic carbocycles. The molecule has 20 heavy (non-hydrogen) atoms. The first kappa shape index (κ1) is 16.6. The number of methoxy groups -OCH3 is 1. The van der Waals surface area contributed by atoms with E-state index in [-0.39, 0.29) is 0 Å². The smallest absolute Gasteiger partial charge is 0.161 e. The van der Waals surface area contributed by atoms with E-state index in [0.29, 0.717) is 12.6 Å². The maximum atomic E-state index is 5.79. The Bertz CT molecular complexity index is 415. The van der Waals surface area contributed by atoms with Crippen LogP contribution in [0.25, 0.3) is 6.08 Å². The van der Waals surface area contributed by atoms with E-state index in [4.69, 9.17) is 9.47 Å². The number of rotatable bonds is 9. The standard InChI is InChI=1S/C17H27NO2/c1-5-8-15-9-10-16(17(13-15)19-4)20-12-7-11-18-14(3)6-2/h5,8-10,13-14,18H,6-7,11-12H2,1-4H3/b8-5+/t14-/m1/s1. The van der Waals surface area contributed by atoms with Gasteiger partial charge in [-0.05, 0) is 50.9 Å². The summed E-state index contributed by atoms with van der Waals surface area (Å²) >= 11 is 0. The number of nitrogens with one attached hydrogen (secondary N) is 1. The number of ether oxygens (including phenoxy) is 2. The van der Waals surface area contributed by atoms with Crippen molar-refractivity contribution in [3.63, 3.8) is 0 Å². The number of hydrogen-bond acceptors (Lipinski definition) is 3. The molecule has 0 unspecified atom stereocenters. The lowest BCUT2D eigenvalue weighted by molar-refractivity contribution is 0.285. The molecular formula is C17H27NO2. The van der Waals surface area contributed by atoms with Crippen molar-refractivity contribution in [2.24, 2.45) is 0 Å². The van der Waals surface area contributed by atoms with Crippen molar-refractivity contribution in [1.82, 2.24) is 5.32 Å². The van der Waals surface area contributed by atoms with Crippen LogP contribution in [0.5, 0.6) is 11.5 Å². The molecular weight excluding hydrogens is 250 g/mol. The minimum absolute atomic E-state index is 0.574. The van der Waals surface area contributed by atoms with Gasteiger partial charge in [0.1, 0.15) is 0 Å². The van der Waals surface area contributed by atoms with Crippen molar-refractivity contribution in [1.29, 1.82) is 0 Å². The Kier molecular flexibility index (Phi) is 7.81. The first-order chi connectivity index (χ1) is 9.71. The molecule has 1 rings (SSSR count). The highest BCUT2D eigenvalue weighted by Gasteiger charge is 2.04. The maximum Gasteiger partial charge on any atom is 0.161 e. The second-order valence-electron chi connectivity index (χ2n) is 4.88. The summed E-state index contributed by atoms with van der Waals surface area (Å²) in [6.45, 7) is 8.06. The molecule has 0 aliphatic carbocycles. The molecule has 0 bridgehead atoms. The number of hydrogen-bond donors (Lipinski definition) is 1. The molecule has 112 valence electrons. The highest BCUT2D eigenvalue weighted by atomic mass is 16.5. The average molecular weight is 277 g/mol. The van der Waals surface area contributed by atoms with Crippen LogP contribution in [0.3, 0.4) is 0 Å². The van der Waals surface area contributed by atoms with Crippen molar-refractivity contribution in [3.8, 4) is 11.5 Å². The van der Waals surface area contributed by atoms with E-state index in [1.807, 2.05) is 37.3 Å². The summed E-state index contributed by atoms with van der Waals surface area (Å²) in [5.74, 6) is 1.60. The first-order valence-electron chi connectivity index (χ1n) is 7.38. The van der Waals surface area contributed by atoms with E-state index in [1.54, 1.807) is 7.11 Å². The Balaban J connectivity index is 2.43. The quantitative estimate of drug-likeness (QED) is 0.695. The maximum absolute atomic E-state index is 5.79. The van der Waals surface area contributed by atoms with Gasteiger partial charge in [-0.15, -0.1) is 0 Å². The van der Waals surface area contributed by atoms with Gasteiger partial charge in [0.05, 0.1) is 13.7 Å². The third kappa shape index (κ3) is 5.66. The molecule has 3 heteroatoms. The zero-order valence-electron chi connectivity index (χ0n) is 13.1. The minimum Gasteiger partial charge on any atom is -0.493 e. The molecule has 1 atom stereocenters. The first-order valence-corrected chi connectivity index (χ1v) is 7.38. The van der Waals surface area contributed by atoms with Gasteiger partial charge in [-0.3, -0.25) is 0 Å². The molecule has 0 amide bonds. The van der Waals surface area contributed by atoms with E-state index in [0.717, 1.165) is 36.4 Å². The topological polar surface area (TPSA) is 30.5 Å². The summed E-state index contributed by atoms with van der Waals surface area (Å²) in [5.41, 5.74) is 1.12. The van der Waals surface area contributed by atoms with E-state index in [2.05, 4.69) is 19.2 Å². The minimum atomic E-state index is 0.574. The fourth-order valence-corrected chi connectivity index (χ4v) is 1.85. The number of allylic oxidation sites excluding steroid dienone is 1. The van der Waals surface area contributed by atoms with Gasteiger partial charge in [0.2, 0.25) is 0 Å². The Morgan fingerprint density at radius 1 is 1.30 bits per heavy atom. The zero-order chi connectivity index (χ0) is 14.8. The molecule has 0 aliphatic heterocycles. The second kappa shape index (κ2) is 9.43. The Morgan fingerprint density at radius 2 is 2.10 bits per heavy atom. The lowest BCUT2D eigenvalue weighted by atomic mass is 10.2. The molecule has 0 radical (unpaired) electrons. The van der Waals surface area contributed by atoms with E-state index in [9.17, 15) is 0 Å². The van der Waals surface area contributed by atoms with Crippen molar-refractivity contribution in [3.05, 3.63) is 29.8 Å². The molecule has 0 spiro atoms. The van der Waals surface area contributed by atoms with Crippen LogP contribution in [0.15, 0.2) is 24.3 Å². The van der Waals surface area contributed by atoms with Gasteiger partial charge in [0.15, 0.2) is 11.5 Å². The predicted molar refractivity (Wildman–Crippen MR) is 85.6 cm³/mol. The third-order valence-electron chi connectivity index (χ3n) is 3.23. The Morgan fingerprint density at radius 3 is 2.75 bits per heavy atom. The van der Waals surface area contributed by atoms with Crippen LogP contribution >= 0.6 is 0 Å². The fraction of sp³-hybridized carbons (Fsp3) is 0.529. The fourth-order valence-electron chi connectivity index (χ4n) is 1.85. The SMILES string of the molecule is C/C=C/c1ccc(OCCCN[C@H](C)CC)c(OC)c1. The molecule has 0 fully saturated rings. The number of benzene rings is 1. The molecule has 0 saturated heterocycles. The third-order valence-corrected chi connectivity index (χ3v) is 3.23. The van der Waals surface area contributed by atoms with Gasteiger partial charge in [-0.2, -0.15) is 0 Å². The molecule has 1 aromatic rings. The average Bonchev–Trinajstić information content (AvgIpc) is 2.47. The Hall–Kier alpha value is -1.48. The van der Waals surface area contributed by atoms with Crippen LogP contribution in [-0.4, -0.2) is 26.3 Å². The summed E-state index contributed by atoms with van der Waals surface area (Å²) in [4.78, 5) is 0. The summed E-state index contributed by atoms with van der Waals surface area (Å²) < 4.78 is 11.2. The normalized spacial score (nSPS) is 12.6. The van der Waals surface area contributed by atoms with Gasteiger partial charge < -0.3 is 14.8 Å². The van der Waals surface area contributed by atoms with Crippen LogP contribution in [-0.2, 0) is 0 Å².